The van der Waals surface area contributed by atoms with Crippen molar-refractivity contribution >= 4 is 11.6 Å². The highest BCUT2D eigenvalue weighted by Crippen LogP contribution is 2.43. The first-order chi connectivity index (χ1) is 16.9. The Kier molecular flexibility index (Phi) is 9.80. The molecule has 4 N–H and O–H groups in total. The molecule has 1 heterocycles. The maximum Gasteiger partial charge on any atom is 0.240 e. The monoisotopic (exact) mass is 504 g/mol. The van der Waals surface area contributed by atoms with Crippen LogP contribution in [0.3, 0.4) is 0 Å². The van der Waals surface area contributed by atoms with Crippen molar-refractivity contribution in [3.63, 3.8) is 0 Å². The maximum absolute atomic E-state index is 13.7. The number of nitrogens with one attached hydrogen (secondary N) is 2. The van der Waals surface area contributed by atoms with Crippen molar-refractivity contribution in [2.24, 2.45) is 23.2 Å². The van der Waals surface area contributed by atoms with E-state index >= 15 is 0 Å². The molecule has 0 radical (unpaired) electrons. The molecule has 1 aliphatic carbocycles. The van der Waals surface area contributed by atoms with Gasteiger partial charge in [0, 0.05) is 30.7 Å². The van der Waals surface area contributed by atoms with Crippen LogP contribution in [-0.4, -0.2) is 84.2 Å². The Hall–Kier alpha value is -1.71. The lowest BCUT2D eigenvalue weighted by Crippen LogP contribution is -2.55. The van der Waals surface area contributed by atoms with Gasteiger partial charge in [0.25, 0.3) is 0 Å². The Balaban J connectivity index is 1.77. The van der Waals surface area contributed by atoms with Crippen molar-refractivity contribution in [2.45, 2.75) is 78.3 Å². The molecule has 1 unspecified atom stereocenters. The Morgan fingerprint density at radius 2 is 2.03 bits per heavy atom. The minimum absolute atomic E-state index is 0.0782. The van der Waals surface area contributed by atoms with Gasteiger partial charge in [-0.15, -0.1) is 0 Å². The molecule has 0 bridgehead atoms. The van der Waals surface area contributed by atoms with Crippen LogP contribution in [0, 0.1) is 23.2 Å². The van der Waals surface area contributed by atoms with E-state index in [1.165, 1.54) is 0 Å². The molecular weight excluding hydrogens is 456 g/mol. The van der Waals surface area contributed by atoms with Crippen LogP contribution in [0.25, 0.3) is 0 Å². The molecular formula is C28H48N4O4. The molecule has 0 aromatic heterocycles. The van der Waals surface area contributed by atoms with E-state index < -0.39 is 24.2 Å². The number of carbonyl (C=O) groups excluding carboxylic acids is 1. The molecule has 36 heavy (non-hydrogen) atoms. The van der Waals surface area contributed by atoms with E-state index in [0.717, 1.165) is 37.2 Å². The topological polar surface area (TPSA) is 97.3 Å². The van der Waals surface area contributed by atoms with Gasteiger partial charge in [-0.1, -0.05) is 39.8 Å². The van der Waals surface area contributed by atoms with Crippen molar-refractivity contribution in [3.05, 3.63) is 29.8 Å². The van der Waals surface area contributed by atoms with Crippen molar-refractivity contribution in [2.75, 3.05) is 39.1 Å². The van der Waals surface area contributed by atoms with Crippen LogP contribution in [0.5, 0.6) is 0 Å². The van der Waals surface area contributed by atoms with E-state index in [1.807, 2.05) is 32.3 Å². The predicted octanol–water partition coefficient (Wildman–Crippen LogP) is 2.71. The first kappa shape index (κ1) is 28.9. The van der Waals surface area contributed by atoms with Crippen LogP contribution in [0.2, 0.25) is 0 Å². The number of hydrogen-bond donors (Lipinski definition) is 4. The van der Waals surface area contributed by atoms with E-state index in [9.17, 15) is 15.0 Å². The molecule has 1 aliphatic heterocycles. The number of benzene rings is 1. The summed E-state index contributed by atoms with van der Waals surface area (Å²) in [6, 6.07) is 7.47. The van der Waals surface area contributed by atoms with E-state index in [-0.39, 0.29) is 24.0 Å². The van der Waals surface area contributed by atoms with Gasteiger partial charge in [0.1, 0.15) is 12.1 Å². The molecule has 1 saturated heterocycles. The van der Waals surface area contributed by atoms with Gasteiger partial charge in [-0.2, -0.15) is 5.06 Å². The summed E-state index contributed by atoms with van der Waals surface area (Å²) in [5, 5.41) is 29.0. The number of amides is 1. The normalized spacial score (nSPS) is 31.4. The third kappa shape index (κ3) is 6.98. The third-order valence-corrected chi connectivity index (χ3v) is 8.34. The Labute approximate surface area is 217 Å². The highest BCUT2D eigenvalue weighted by Gasteiger charge is 2.50. The summed E-state index contributed by atoms with van der Waals surface area (Å²) in [6.07, 6.45) is 0.542. The number of aliphatic hydroxyl groups is 2. The number of hydroxylamine groups is 2. The lowest BCUT2D eigenvalue weighted by molar-refractivity contribution is -0.182. The summed E-state index contributed by atoms with van der Waals surface area (Å²) in [6.45, 7) is 12.6. The maximum atomic E-state index is 13.7. The molecule has 1 saturated carbocycles. The average molecular weight is 505 g/mol. The summed E-state index contributed by atoms with van der Waals surface area (Å²) in [4.78, 5) is 21.9. The van der Waals surface area contributed by atoms with Crippen molar-refractivity contribution < 1.29 is 19.8 Å². The molecule has 1 aromatic carbocycles. The second-order valence-corrected chi connectivity index (χ2v) is 12.0. The summed E-state index contributed by atoms with van der Waals surface area (Å²) in [7, 11) is 4.08. The van der Waals surface area contributed by atoms with E-state index in [1.54, 1.807) is 12.0 Å². The number of anilines is 1. The van der Waals surface area contributed by atoms with Crippen LogP contribution in [0.1, 0.15) is 53.0 Å². The zero-order valence-electron chi connectivity index (χ0n) is 23.2. The average Bonchev–Trinajstić information content (AvgIpc) is 3.16. The molecule has 1 amide bonds. The lowest BCUT2D eigenvalue weighted by Gasteiger charge is -2.45. The van der Waals surface area contributed by atoms with E-state index in [2.05, 4.69) is 49.3 Å². The number of nitrogens with zero attached hydrogens (tertiary/aromatic N) is 2. The fourth-order valence-electron chi connectivity index (χ4n) is 5.83. The lowest BCUT2D eigenvalue weighted by atomic mass is 9.64. The van der Waals surface area contributed by atoms with Crippen molar-refractivity contribution in [3.8, 4) is 0 Å². The second kappa shape index (κ2) is 12.2. The largest absolute Gasteiger partial charge is 0.394 e. The highest BCUT2D eigenvalue weighted by molar-refractivity contribution is 5.82. The molecule has 7 atom stereocenters. The van der Waals surface area contributed by atoms with Crippen LogP contribution < -0.4 is 10.6 Å². The Morgan fingerprint density at radius 1 is 1.31 bits per heavy atom. The third-order valence-electron chi connectivity index (χ3n) is 8.34. The predicted molar refractivity (Wildman–Crippen MR) is 143 cm³/mol. The Bertz CT molecular complexity index is 862. The molecule has 2 aliphatic rings. The quantitative estimate of drug-likeness (QED) is 0.389. The standard InChI is InChI=1S/C28H48N4O4/c1-18-15-28(4,5)19(2)13-23(18)30-27(35)26-25(20(3)34)24(17-33)36-32(26)16-21-9-8-10-22(14-21)29-11-12-31(6)7/h8-10,14,18-20,23-26,29,33-34H,11-13,15-17H2,1-7H3,(H,30,35)/t18?,19-,20+,23+,24+,25-,26+/m1/s1. The number of likely N-dealkylation sites (N-methyl/N-ethyl adjacent to an activating group) is 1. The molecule has 1 aromatic rings. The van der Waals surface area contributed by atoms with Gasteiger partial charge in [-0.25, -0.2) is 0 Å². The zero-order valence-corrected chi connectivity index (χ0v) is 23.2. The van der Waals surface area contributed by atoms with Gasteiger partial charge >= 0.3 is 0 Å². The van der Waals surface area contributed by atoms with Gasteiger partial charge in [0.15, 0.2) is 0 Å². The summed E-state index contributed by atoms with van der Waals surface area (Å²) >= 11 is 0. The van der Waals surface area contributed by atoms with Gasteiger partial charge in [0.05, 0.1) is 19.3 Å². The SMILES string of the molecule is CC1CC(C)(C)[C@H](C)C[C@@H]1NC(=O)[C@@H]1[C@H]([C@H](C)O)[C@H](CO)ON1Cc1cccc(NCCN(C)C)c1. The minimum atomic E-state index is -0.802. The molecule has 2 fully saturated rings. The number of carbonyl (C=O) groups is 1. The van der Waals surface area contributed by atoms with E-state index in [0.29, 0.717) is 18.4 Å². The molecule has 8 heteroatoms. The zero-order chi connectivity index (χ0) is 26.6. The number of rotatable bonds is 10. The first-order valence-electron chi connectivity index (χ1n) is 13.4. The van der Waals surface area contributed by atoms with Gasteiger partial charge < -0.3 is 25.7 Å². The summed E-state index contributed by atoms with van der Waals surface area (Å²) in [5.74, 6) is 0.194. The number of aliphatic hydroxyl groups excluding tert-OH is 2. The molecule has 0 spiro atoms. The van der Waals surface area contributed by atoms with Crippen LogP contribution in [0.15, 0.2) is 24.3 Å². The summed E-state index contributed by atoms with van der Waals surface area (Å²) in [5.41, 5.74) is 2.25. The minimum Gasteiger partial charge on any atom is -0.394 e. The van der Waals surface area contributed by atoms with Crippen LogP contribution in [0.4, 0.5) is 5.69 Å². The van der Waals surface area contributed by atoms with Crippen molar-refractivity contribution in [1.82, 2.24) is 15.3 Å². The fraction of sp³-hybridized carbons (Fsp3) is 0.750. The van der Waals surface area contributed by atoms with Gasteiger partial charge in [-0.05, 0) is 68.8 Å². The number of hydrogen-bond acceptors (Lipinski definition) is 7. The van der Waals surface area contributed by atoms with Gasteiger partial charge in [0.2, 0.25) is 5.91 Å². The van der Waals surface area contributed by atoms with Gasteiger partial charge in [-0.3, -0.25) is 9.63 Å². The molecule has 8 nitrogen and oxygen atoms in total. The molecule has 204 valence electrons. The van der Waals surface area contributed by atoms with Crippen LogP contribution in [-0.2, 0) is 16.2 Å². The summed E-state index contributed by atoms with van der Waals surface area (Å²) < 4.78 is 0. The first-order valence-corrected chi connectivity index (χ1v) is 13.4. The van der Waals surface area contributed by atoms with Crippen molar-refractivity contribution in [1.29, 1.82) is 0 Å². The fourth-order valence-corrected chi connectivity index (χ4v) is 5.83. The highest BCUT2D eigenvalue weighted by atomic mass is 16.7. The molecule has 3 rings (SSSR count). The smallest absolute Gasteiger partial charge is 0.240 e. The van der Waals surface area contributed by atoms with E-state index in [4.69, 9.17) is 4.84 Å². The second-order valence-electron chi connectivity index (χ2n) is 12.0. The van der Waals surface area contributed by atoms with Crippen LogP contribution >= 0.6 is 0 Å². The Morgan fingerprint density at radius 3 is 2.67 bits per heavy atom.